The van der Waals surface area contributed by atoms with E-state index in [1.807, 2.05) is 0 Å². The maximum absolute atomic E-state index is 5.69. The summed E-state index contributed by atoms with van der Waals surface area (Å²) in [5.41, 5.74) is 2.59. The Morgan fingerprint density at radius 3 is 2.77 bits per heavy atom. The summed E-state index contributed by atoms with van der Waals surface area (Å²) in [5, 5.41) is 3.45. The zero-order valence-electron chi connectivity index (χ0n) is 14.3. The van der Waals surface area contributed by atoms with Gasteiger partial charge in [-0.2, -0.15) is 0 Å². The van der Waals surface area contributed by atoms with Gasteiger partial charge in [0.15, 0.2) is 0 Å². The predicted octanol–water partition coefficient (Wildman–Crippen LogP) is 4.07. The summed E-state index contributed by atoms with van der Waals surface area (Å²) >= 11 is 0. The van der Waals surface area contributed by atoms with Crippen LogP contribution in [0.15, 0.2) is 18.2 Å². The van der Waals surface area contributed by atoms with E-state index in [1.54, 1.807) is 0 Å². The molecule has 0 radical (unpaired) electrons. The van der Waals surface area contributed by atoms with Gasteiger partial charge in [0.1, 0.15) is 12.4 Å². The van der Waals surface area contributed by atoms with Crippen molar-refractivity contribution >= 4 is 5.69 Å². The lowest BCUT2D eigenvalue weighted by Crippen LogP contribution is -2.50. The minimum atomic E-state index is 0.646. The minimum absolute atomic E-state index is 0.646. The summed E-state index contributed by atoms with van der Waals surface area (Å²) in [6.07, 6.45) is 6.44. The van der Waals surface area contributed by atoms with E-state index in [2.05, 4.69) is 49.2 Å². The lowest BCUT2D eigenvalue weighted by molar-refractivity contribution is 0.0528. The number of ether oxygens (including phenoxy) is 1. The number of nitrogens with one attached hydrogen (secondary N) is 1. The van der Waals surface area contributed by atoms with E-state index in [9.17, 15) is 0 Å². The Labute approximate surface area is 135 Å². The number of fused-ring (bicyclic) bond motifs is 1. The molecule has 0 saturated carbocycles. The molecule has 0 bridgehead atoms. The fourth-order valence-corrected chi connectivity index (χ4v) is 4.21. The number of anilines is 1. The molecule has 2 heterocycles. The van der Waals surface area contributed by atoms with Gasteiger partial charge in [-0.05, 0) is 57.2 Å². The van der Waals surface area contributed by atoms with E-state index in [0.717, 1.165) is 25.3 Å². The Kier molecular flexibility index (Phi) is 4.92. The molecule has 0 aliphatic carbocycles. The summed E-state index contributed by atoms with van der Waals surface area (Å²) in [4.78, 5) is 2.77. The molecule has 1 saturated heterocycles. The van der Waals surface area contributed by atoms with E-state index in [1.165, 1.54) is 36.9 Å². The standard InChI is InChI=1S/C19H30N2O/c1-4-17(21-14(2)6-5-7-15(21)3)12-16-8-9-19-18(13-16)20-10-11-22-19/h8-9,13-15,17,20H,4-7,10-12H2,1-3H3. The zero-order valence-corrected chi connectivity index (χ0v) is 14.3. The maximum Gasteiger partial charge on any atom is 0.142 e. The van der Waals surface area contributed by atoms with Crippen molar-refractivity contribution in [1.82, 2.24) is 4.90 Å². The van der Waals surface area contributed by atoms with E-state index in [-0.39, 0.29) is 0 Å². The SMILES string of the molecule is CCC(Cc1ccc2c(c1)NCCO2)N1C(C)CCCC1C. The molecule has 2 aliphatic rings. The molecule has 122 valence electrons. The molecule has 0 aromatic heterocycles. The van der Waals surface area contributed by atoms with Crippen molar-refractivity contribution in [2.75, 3.05) is 18.5 Å². The van der Waals surface area contributed by atoms with E-state index < -0.39 is 0 Å². The van der Waals surface area contributed by atoms with Crippen LogP contribution in [0.4, 0.5) is 5.69 Å². The summed E-state index contributed by atoms with van der Waals surface area (Å²) in [5.74, 6) is 1.00. The largest absolute Gasteiger partial charge is 0.490 e. The highest BCUT2D eigenvalue weighted by Crippen LogP contribution is 2.31. The normalized spacial score (nSPS) is 26.7. The highest BCUT2D eigenvalue weighted by molar-refractivity contribution is 5.59. The summed E-state index contributed by atoms with van der Waals surface area (Å²) in [6.45, 7) is 8.82. The van der Waals surface area contributed by atoms with Crippen LogP contribution in [-0.4, -0.2) is 36.2 Å². The smallest absolute Gasteiger partial charge is 0.142 e. The van der Waals surface area contributed by atoms with Gasteiger partial charge in [0.05, 0.1) is 5.69 Å². The van der Waals surface area contributed by atoms with Crippen molar-refractivity contribution in [1.29, 1.82) is 0 Å². The Morgan fingerprint density at radius 2 is 2.05 bits per heavy atom. The molecule has 3 nitrogen and oxygen atoms in total. The van der Waals surface area contributed by atoms with Crippen LogP contribution in [0.3, 0.4) is 0 Å². The number of nitrogens with zero attached hydrogens (tertiary/aromatic N) is 1. The summed E-state index contributed by atoms with van der Waals surface area (Å²) in [7, 11) is 0. The number of rotatable bonds is 4. The molecule has 22 heavy (non-hydrogen) atoms. The van der Waals surface area contributed by atoms with Crippen molar-refractivity contribution < 1.29 is 4.74 Å². The zero-order chi connectivity index (χ0) is 15.5. The molecule has 3 unspecified atom stereocenters. The van der Waals surface area contributed by atoms with Crippen LogP contribution < -0.4 is 10.1 Å². The minimum Gasteiger partial charge on any atom is -0.490 e. The van der Waals surface area contributed by atoms with E-state index in [0.29, 0.717) is 18.1 Å². The first-order valence-electron chi connectivity index (χ1n) is 8.96. The summed E-state index contributed by atoms with van der Waals surface area (Å²) < 4.78 is 5.69. The van der Waals surface area contributed by atoms with Gasteiger partial charge >= 0.3 is 0 Å². The third-order valence-electron chi connectivity index (χ3n) is 5.34. The molecule has 2 aliphatic heterocycles. The number of hydrogen-bond acceptors (Lipinski definition) is 3. The number of likely N-dealkylation sites (tertiary alicyclic amines) is 1. The Balaban J connectivity index is 1.74. The molecule has 3 atom stereocenters. The average Bonchev–Trinajstić information content (AvgIpc) is 2.53. The second-order valence-electron chi connectivity index (χ2n) is 6.95. The number of hydrogen-bond donors (Lipinski definition) is 1. The van der Waals surface area contributed by atoms with Gasteiger partial charge in [0, 0.05) is 24.7 Å². The van der Waals surface area contributed by atoms with Crippen LogP contribution >= 0.6 is 0 Å². The van der Waals surface area contributed by atoms with Crippen LogP contribution in [-0.2, 0) is 6.42 Å². The fourth-order valence-electron chi connectivity index (χ4n) is 4.21. The third kappa shape index (κ3) is 3.24. The highest BCUT2D eigenvalue weighted by atomic mass is 16.5. The topological polar surface area (TPSA) is 24.5 Å². The van der Waals surface area contributed by atoms with Crippen LogP contribution in [0, 0.1) is 0 Å². The molecule has 1 aromatic rings. The average molecular weight is 302 g/mol. The quantitative estimate of drug-likeness (QED) is 0.907. The lowest BCUT2D eigenvalue weighted by Gasteiger charge is -2.44. The van der Waals surface area contributed by atoms with Crippen molar-refractivity contribution in [2.24, 2.45) is 0 Å². The van der Waals surface area contributed by atoms with E-state index in [4.69, 9.17) is 4.74 Å². The van der Waals surface area contributed by atoms with Crippen LogP contribution in [0.25, 0.3) is 0 Å². The van der Waals surface area contributed by atoms with Gasteiger partial charge in [0.25, 0.3) is 0 Å². The van der Waals surface area contributed by atoms with Gasteiger partial charge in [0.2, 0.25) is 0 Å². The van der Waals surface area contributed by atoms with Crippen molar-refractivity contribution in [3.8, 4) is 5.75 Å². The van der Waals surface area contributed by atoms with Gasteiger partial charge in [-0.1, -0.05) is 19.4 Å². The van der Waals surface area contributed by atoms with Crippen LogP contribution in [0.2, 0.25) is 0 Å². The molecule has 1 N–H and O–H groups in total. The maximum atomic E-state index is 5.69. The Morgan fingerprint density at radius 1 is 1.27 bits per heavy atom. The number of piperidine rings is 1. The molecule has 0 spiro atoms. The van der Waals surface area contributed by atoms with Crippen molar-refractivity contribution in [3.63, 3.8) is 0 Å². The molecule has 3 rings (SSSR count). The second-order valence-corrected chi connectivity index (χ2v) is 6.95. The first-order chi connectivity index (χ1) is 10.7. The third-order valence-corrected chi connectivity index (χ3v) is 5.34. The van der Waals surface area contributed by atoms with Gasteiger partial charge in [-0.15, -0.1) is 0 Å². The molecule has 0 amide bonds. The first-order valence-corrected chi connectivity index (χ1v) is 8.96. The van der Waals surface area contributed by atoms with Crippen molar-refractivity contribution in [3.05, 3.63) is 23.8 Å². The monoisotopic (exact) mass is 302 g/mol. The lowest BCUT2D eigenvalue weighted by atomic mass is 9.91. The Bertz CT molecular complexity index is 492. The van der Waals surface area contributed by atoms with Crippen LogP contribution in [0.1, 0.15) is 52.0 Å². The fraction of sp³-hybridized carbons (Fsp3) is 0.684. The van der Waals surface area contributed by atoms with E-state index >= 15 is 0 Å². The molecular weight excluding hydrogens is 272 g/mol. The molecule has 1 fully saturated rings. The number of benzene rings is 1. The van der Waals surface area contributed by atoms with Crippen LogP contribution in [0.5, 0.6) is 5.75 Å². The molecule has 3 heteroatoms. The molecular formula is C19H30N2O. The summed E-state index contributed by atoms with van der Waals surface area (Å²) in [6, 6.07) is 8.74. The second kappa shape index (κ2) is 6.91. The predicted molar refractivity (Wildman–Crippen MR) is 92.8 cm³/mol. The van der Waals surface area contributed by atoms with Crippen molar-refractivity contribution in [2.45, 2.75) is 71.0 Å². The first kappa shape index (κ1) is 15.7. The van der Waals surface area contributed by atoms with Gasteiger partial charge in [-0.3, -0.25) is 4.90 Å². The highest BCUT2D eigenvalue weighted by Gasteiger charge is 2.30. The van der Waals surface area contributed by atoms with Gasteiger partial charge in [-0.25, -0.2) is 0 Å². The Hall–Kier alpha value is -1.22. The van der Waals surface area contributed by atoms with Gasteiger partial charge < -0.3 is 10.1 Å². The molecule has 1 aromatic carbocycles.